The summed E-state index contributed by atoms with van der Waals surface area (Å²) in [6.45, 7) is 2.59. The van der Waals surface area contributed by atoms with Gasteiger partial charge in [-0.05, 0) is 0 Å². The molecule has 2 nitrogen and oxygen atoms in total. The number of hydrogen-bond donors (Lipinski definition) is 0. The maximum Gasteiger partial charge on any atom is 0.459 e. The van der Waals surface area contributed by atoms with Crippen LogP contribution in [0.2, 0.25) is 0 Å². The van der Waals surface area contributed by atoms with Gasteiger partial charge >= 0.3 is 35.8 Å². The average molecular weight is 366 g/mol. The second-order valence-electron chi connectivity index (χ2n) is 4.51. The first kappa shape index (κ1) is 19.6. The van der Waals surface area contributed by atoms with Gasteiger partial charge in [0.2, 0.25) is 5.67 Å². The number of ether oxygens (including phenoxy) is 1. The van der Waals surface area contributed by atoms with Gasteiger partial charge in [-0.15, -0.1) is 6.58 Å². The molecule has 23 heavy (non-hydrogen) atoms. The summed E-state index contributed by atoms with van der Waals surface area (Å²) in [5.41, 5.74) is -5.23. The minimum absolute atomic E-state index is 0.0611. The van der Waals surface area contributed by atoms with Crippen molar-refractivity contribution >= 4 is 6.04 Å². The van der Waals surface area contributed by atoms with Gasteiger partial charge in [-0.3, -0.25) is 9.53 Å². The molecule has 0 aromatic heterocycles. The molecule has 3 atom stereocenters. The Balaban J connectivity index is 3.49. The largest absolute Gasteiger partial charge is 0.459 e. The molecular weight excluding hydrogens is 361 g/mol. The Bertz CT molecular complexity index is 529. The molecule has 0 heterocycles. The first-order valence-electron chi connectivity index (χ1n) is 5.36. The Morgan fingerprint density at radius 1 is 1.00 bits per heavy atom. The van der Waals surface area contributed by atoms with Gasteiger partial charge in [0.1, 0.15) is 0 Å². The van der Waals surface area contributed by atoms with Crippen molar-refractivity contribution in [2.45, 2.75) is 41.8 Å². The van der Waals surface area contributed by atoms with Crippen molar-refractivity contribution in [2.24, 2.45) is 0 Å². The number of carbonyl (C=O) groups is 1. The van der Waals surface area contributed by atoms with E-state index in [0.717, 1.165) is 0 Å². The molecule has 1 rings (SSSR count). The lowest BCUT2D eigenvalue weighted by molar-refractivity contribution is -0.532. The smallest absolute Gasteiger partial charge is 0.285 e. The summed E-state index contributed by atoms with van der Waals surface area (Å²) >= 11 is 0. The Hall–Kier alpha value is -1.40. The van der Waals surface area contributed by atoms with Crippen LogP contribution in [0.1, 0.15) is 6.42 Å². The molecule has 3 unspecified atom stereocenters. The molecule has 0 amide bonds. The fraction of sp³-hybridized carbons (Fsp3) is 0.700. The van der Waals surface area contributed by atoms with Gasteiger partial charge in [0.05, 0.1) is 0 Å². The van der Waals surface area contributed by atoms with Gasteiger partial charge in [-0.1, -0.05) is 6.08 Å². The monoisotopic (exact) mass is 366 g/mol. The van der Waals surface area contributed by atoms with Crippen LogP contribution in [-0.4, -0.2) is 41.4 Å². The van der Waals surface area contributed by atoms with E-state index in [4.69, 9.17) is 0 Å². The molecule has 0 spiro atoms. The lowest BCUT2D eigenvalue weighted by atomic mass is 9.66. The SMILES string of the molecule is C=CCC1(F)C(F)(F)C(F)(F)C1(F)OC(F)(C(=O)F)C(F)(F)F. The van der Waals surface area contributed by atoms with Crippen LogP contribution in [0.15, 0.2) is 12.7 Å². The second-order valence-corrected chi connectivity index (χ2v) is 4.51. The van der Waals surface area contributed by atoms with Gasteiger partial charge in [-0.2, -0.15) is 39.5 Å². The number of alkyl halides is 10. The second kappa shape index (κ2) is 4.80. The molecule has 0 bridgehead atoms. The zero-order chi connectivity index (χ0) is 18.7. The van der Waals surface area contributed by atoms with Crippen LogP contribution < -0.4 is 0 Å². The van der Waals surface area contributed by atoms with Gasteiger partial charge in [0.15, 0.2) is 0 Å². The van der Waals surface area contributed by atoms with Crippen molar-refractivity contribution in [3.05, 3.63) is 12.7 Å². The van der Waals surface area contributed by atoms with Crippen molar-refractivity contribution in [3.63, 3.8) is 0 Å². The third-order valence-electron chi connectivity index (χ3n) is 3.13. The third-order valence-corrected chi connectivity index (χ3v) is 3.13. The Kier molecular flexibility index (Phi) is 4.10. The summed E-state index contributed by atoms with van der Waals surface area (Å²) in [4.78, 5) is 10.0. The van der Waals surface area contributed by atoms with Crippen LogP contribution >= 0.6 is 0 Å². The Morgan fingerprint density at radius 3 is 1.74 bits per heavy atom. The maximum atomic E-state index is 13.9. The van der Waals surface area contributed by atoms with Gasteiger partial charge in [0, 0.05) is 6.42 Å². The van der Waals surface area contributed by atoms with Crippen molar-refractivity contribution in [3.8, 4) is 0 Å². The van der Waals surface area contributed by atoms with E-state index in [-0.39, 0.29) is 6.08 Å². The lowest BCUT2D eigenvalue weighted by Crippen LogP contribution is -2.88. The molecular formula is C10H5F11O2. The highest BCUT2D eigenvalue weighted by Crippen LogP contribution is 2.70. The van der Waals surface area contributed by atoms with Crippen molar-refractivity contribution in [1.82, 2.24) is 0 Å². The predicted molar refractivity (Wildman–Crippen MR) is 49.5 cm³/mol. The standard InChI is InChI=1S/C10H5F11O2/c1-2-3-5(12)7(14,15)8(16,17)9(5,18)23-6(13,4(11)22)10(19,20)21/h2H,1,3H2. The molecule has 0 radical (unpaired) electrons. The number of halogens is 11. The molecule has 0 N–H and O–H groups in total. The summed E-state index contributed by atoms with van der Waals surface area (Å²) in [7, 11) is 0. The van der Waals surface area contributed by atoms with Crippen LogP contribution in [0.4, 0.5) is 48.3 Å². The zero-order valence-corrected chi connectivity index (χ0v) is 10.5. The number of hydrogen-bond acceptors (Lipinski definition) is 2. The highest BCUT2D eigenvalue weighted by molar-refractivity contribution is 5.77. The van der Waals surface area contributed by atoms with Gasteiger partial charge < -0.3 is 0 Å². The summed E-state index contributed by atoms with van der Waals surface area (Å²) in [5, 5.41) is 0. The van der Waals surface area contributed by atoms with Crippen molar-refractivity contribution in [2.75, 3.05) is 0 Å². The van der Waals surface area contributed by atoms with Crippen molar-refractivity contribution < 1.29 is 57.8 Å². The minimum Gasteiger partial charge on any atom is -0.285 e. The third kappa shape index (κ3) is 2.01. The predicted octanol–water partition coefficient (Wildman–Crippen LogP) is 3.96. The minimum atomic E-state index is -6.80. The fourth-order valence-electron chi connectivity index (χ4n) is 1.85. The van der Waals surface area contributed by atoms with Gasteiger partial charge in [-0.25, -0.2) is 8.78 Å². The Morgan fingerprint density at radius 2 is 1.43 bits per heavy atom. The van der Waals surface area contributed by atoms with E-state index in [1.807, 2.05) is 0 Å². The van der Waals surface area contributed by atoms with E-state index < -0.39 is 47.9 Å². The molecule has 13 heteroatoms. The van der Waals surface area contributed by atoms with Crippen LogP contribution in [0, 0.1) is 0 Å². The molecule has 1 saturated carbocycles. The molecule has 1 fully saturated rings. The van der Waals surface area contributed by atoms with E-state index in [9.17, 15) is 53.1 Å². The van der Waals surface area contributed by atoms with Crippen LogP contribution in [0.5, 0.6) is 0 Å². The lowest BCUT2D eigenvalue weighted by Gasteiger charge is -2.58. The quantitative estimate of drug-likeness (QED) is 0.418. The molecule has 1 aliphatic carbocycles. The summed E-state index contributed by atoms with van der Waals surface area (Å²) < 4.78 is 144. The number of rotatable bonds is 5. The highest BCUT2D eigenvalue weighted by Gasteiger charge is 3.00. The molecule has 0 saturated heterocycles. The van der Waals surface area contributed by atoms with Crippen LogP contribution in [-0.2, 0) is 9.53 Å². The van der Waals surface area contributed by atoms with Gasteiger partial charge in [0.25, 0.3) is 0 Å². The highest BCUT2D eigenvalue weighted by atomic mass is 19.4. The number of carbonyl (C=O) groups excluding carboxylic acids is 1. The zero-order valence-electron chi connectivity index (χ0n) is 10.5. The van der Waals surface area contributed by atoms with E-state index in [1.165, 1.54) is 0 Å². The van der Waals surface area contributed by atoms with E-state index in [0.29, 0.717) is 0 Å². The van der Waals surface area contributed by atoms with E-state index >= 15 is 0 Å². The first-order chi connectivity index (χ1) is 9.96. The maximum absolute atomic E-state index is 13.9. The number of allylic oxidation sites excluding steroid dienone is 1. The normalized spacial score (nSPS) is 35.1. The molecule has 0 aromatic carbocycles. The molecule has 1 aliphatic rings. The average Bonchev–Trinajstić information content (AvgIpc) is 2.35. The fourth-order valence-corrected chi connectivity index (χ4v) is 1.85. The van der Waals surface area contributed by atoms with E-state index in [1.54, 1.807) is 0 Å². The Labute approximate surface area is 119 Å². The topological polar surface area (TPSA) is 26.3 Å². The summed E-state index contributed by atoms with van der Waals surface area (Å²) in [6.07, 6.45) is -8.79. The van der Waals surface area contributed by atoms with Crippen molar-refractivity contribution in [1.29, 1.82) is 0 Å². The summed E-state index contributed by atoms with van der Waals surface area (Å²) in [6, 6.07) is -4.19. The molecule has 0 aromatic rings. The first-order valence-corrected chi connectivity index (χ1v) is 5.36. The molecule has 0 aliphatic heterocycles. The van der Waals surface area contributed by atoms with Crippen LogP contribution in [0.3, 0.4) is 0 Å². The summed E-state index contributed by atoms with van der Waals surface area (Å²) in [5.74, 6) is -24.7. The van der Waals surface area contributed by atoms with Crippen LogP contribution in [0.25, 0.3) is 0 Å². The van der Waals surface area contributed by atoms with E-state index in [2.05, 4.69) is 11.3 Å². The molecule has 134 valence electrons.